The lowest BCUT2D eigenvalue weighted by molar-refractivity contribution is 0.0928. The van der Waals surface area contributed by atoms with Crippen molar-refractivity contribution >= 4 is 0 Å². The smallest absolute Gasteiger partial charge is 0.124 e. The third-order valence-corrected chi connectivity index (χ3v) is 4.84. The van der Waals surface area contributed by atoms with Crippen LogP contribution in [0.4, 0.5) is 0 Å². The molecular weight excluding hydrogens is 286 g/mol. The lowest BCUT2D eigenvalue weighted by Crippen LogP contribution is -2.44. The van der Waals surface area contributed by atoms with Gasteiger partial charge in [0.2, 0.25) is 0 Å². The zero-order chi connectivity index (χ0) is 16.7. The Balaban J connectivity index is 2.16. The maximum atomic E-state index is 6.19. The minimum Gasteiger partial charge on any atom is -0.492 e. The fraction of sp³-hybridized carbons (Fsp3) is 0.684. The highest BCUT2D eigenvalue weighted by Crippen LogP contribution is 2.34. The highest BCUT2D eigenvalue weighted by molar-refractivity contribution is 5.36. The highest BCUT2D eigenvalue weighted by Gasteiger charge is 2.29. The predicted molar refractivity (Wildman–Crippen MR) is 96.9 cm³/mol. The fourth-order valence-corrected chi connectivity index (χ4v) is 3.54. The van der Waals surface area contributed by atoms with Gasteiger partial charge in [-0.25, -0.2) is 0 Å². The minimum absolute atomic E-state index is 0.260. The molecule has 0 spiro atoms. The van der Waals surface area contributed by atoms with Crippen molar-refractivity contribution < 1.29 is 4.74 Å². The van der Waals surface area contributed by atoms with Crippen LogP contribution in [0.25, 0.3) is 0 Å². The van der Waals surface area contributed by atoms with Crippen molar-refractivity contribution in [2.45, 2.75) is 44.7 Å². The van der Waals surface area contributed by atoms with Crippen LogP contribution in [-0.2, 0) is 0 Å². The van der Waals surface area contributed by atoms with E-state index in [1.807, 2.05) is 0 Å². The molecule has 0 aromatic heterocycles. The molecule has 1 aliphatic heterocycles. The number of piperidine rings is 1. The molecule has 1 saturated heterocycles. The van der Waals surface area contributed by atoms with Crippen molar-refractivity contribution in [3.05, 3.63) is 29.8 Å². The SMILES string of the molecule is CCC1CCCCN1C(CN)c1ccccc1OCCN(C)C. The van der Waals surface area contributed by atoms with Gasteiger partial charge in [0.15, 0.2) is 0 Å². The number of rotatable bonds is 8. The Morgan fingerprint density at radius 1 is 1.30 bits per heavy atom. The van der Waals surface area contributed by atoms with E-state index in [4.69, 9.17) is 10.5 Å². The summed E-state index contributed by atoms with van der Waals surface area (Å²) in [5, 5.41) is 0. The van der Waals surface area contributed by atoms with Gasteiger partial charge in [-0.3, -0.25) is 4.90 Å². The third kappa shape index (κ3) is 4.93. The van der Waals surface area contributed by atoms with Crippen molar-refractivity contribution in [2.75, 3.05) is 40.3 Å². The second-order valence-electron chi connectivity index (χ2n) is 6.74. The molecule has 4 nitrogen and oxygen atoms in total. The summed E-state index contributed by atoms with van der Waals surface area (Å²) in [6.45, 7) is 5.70. The van der Waals surface area contributed by atoms with Crippen LogP contribution >= 0.6 is 0 Å². The Morgan fingerprint density at radius 3 is 2.78 bits per heavy atom. The van der Waals surface area contributed by atoms with Crippen molar-refractivity contribution in [2.24, 2.45) is 5.73 Å². The number of likely N-dealkylation sites (tertiary alicyclic amines) is 1. The number of ether oxygens (including phenoxy) is 1. The summed E-state index contributed by atoms with van der Waals surface area (Å²) < 4.78 is 6.07. The van der Waals surface area contributed by atoms with E-state index in [9.17, 15) is 0 Å². The van der Waals surface area contributed by atoms with Gasteiger partial charge in [0.25, 0.3) is 0 Å². The maximum Gasteiger partial charge on any atom is 0.124 e. The van der Waals surface area contributed by atoms with E-state index in [1.165, 1.54) is 31.2 Å². The van der Waals surface area contributed by atoms with Crippen molar-refractivity contribution in [1.29, 1.82) is 0 Å². The second kappa shape index (κ2) is 9.26. The molecule has 2 N–H and O–H groups in total. The molecule has 1 heterocycles. The monoisotopic (exact) mass is 319 g/mol. The average molecular weight is 319 g/mol. The lowest BCUT2D eigenvalue weighted by Gasteiger charge is -2.41. The van der Waals surface area contributed by atoms with Crippen LogP contribution in [0.15, 0.2) is 24.3 Å². The molecule has 0 aliphatic carbocycles. The van der Waals surface area contributed by atoms with Gasteiger partial charge in [0, 0.05) is 24.7 Å². The lowest BCUT2D eigenvalue weighted by atomic mass is 9.94. The van der Waals surface area contributed by atoms with Gasteiger partial charge < -0.3 is 15.4 Å². The first-order valence-electron chi connectivity index (χ1n) is 8.99. The molecule has 2 atom stereocenters. The van der Waals surface area contributed by atoms with Crippen LogP contribution in [-0.4, -0.2) is 56.2 Å². The van der Waals surface area contributed by atoms with Gasteiger partial charge in [-0.15, -0.1) is 0 Å². The second-order valence-corrected chi connectivity index (χ2v) is 6.74. The first kappa shape index (κ1) is 18.2. The zero-order valence-corrected chi connectivity index (χ0v) is 15.0. The predicted octanol–water partition coefficient (Wildman–Crippen LogP) is 2.89. The molecule has 23 heavy (non-hydrogen) atoms. The minimum atomic E-state index is 0.260. The summed E-state index contributed by atoms with van der Waals surface area (Å²) in [6, 6.07) is 9.32. The molecule has 1 aromatic rings. The summed E-state index contributed by atoms with van der Waals surface area (Å²) in [5.74, 6) is 0.991. The van der Waals surface area contributed by atoms with E-state index >= 15 is 0 Å². The van der Waals surface area contributed by atoms with E-state index < -0.39 is 0 Å². The van der Waals surface area contributed by atoms with E-state index in [2.05, 4.69) is 55.1 Å². The van der Waals surface area contributed by atoms with Gasteiger partial charge >= 0.3 is 0 Å². The molecule has 2 rings (SSSR count). The standard InChI is InChI=1S/C19H33N3O/c1-4-16-9-7-8-12-22(16)18(15-20)17-10-5-6-11-19(17)23-14-13-21(2)3/h5-6,10-11,16,18H,4,7-9,12-15,20H2,1-3H3. The number of likely N-dealkylation sites (N-methyl/N-ethyl adjacent to an activating group) is 1. The molecule has 0 bridgehead atoms. The van der Waals surface area contributed by atoms with Gasteiger partial charge in [-0.2, -0.15) is 0 Å². The molecule has 0 radical (unpaired) electrons. The molecule has 4 heteroatoms. The van der Waals surface area contributed by atoms with E-state index in [0.717, 1.165) is 18.8 Å². The largest absolute Gasteiger partial charge is 0.492 e. The Hall–Kier alpha value is -1.10. The Bertz CT molecular complexity index is 464. The first-order valence-corrected chi connectivity index (χ1v) is 8.99. The Kier molecular flexibility index (Phi) is 7.34. The molecule has 2 unspecified atom stereocenters. The van der Waals surface area contributed by atoms with Crippen LogP contribution in [0, 0.1) is 0 Å². The van der Waals surface area contributed by atoms with Gasteiger partial charge in [0.05, 0.1) is 6.04 Å². The van der Waals surface area contributed by atoms with Gasteiger partial charge in [0.1, 0.15) is 12.4 Å². The number of hydrogen-bond donors (Lipinski definition) is 1. The fourth-order valence-electron chi connectivity index (χ4n) is 3.54. The molecular formula is C19H33N3O. The number of hydrogen-bond acceptors (Lipinski definition) is 4. The number of nitrogens with two attached hydrogens (primary N) is 1. The van der Waals surface area contributed by atoms with Gasteiger partial charge in [-0.1, -0.05) is 31.5 Å². The first-order chi connectivity index (χ1) is 11.2. The number of nitrogens with zero attached hydrogens (tertiary/aromatic N) is 2. The molecule has 1 aromatic carbocycles. The molecule has 130 valence electrons. The molecule has 1 aliphatic rings. The molecule has 0 amide bonds. The number of benzene rings is 1. The zero-order valence-electron chi connectivity index (χ0n) is 15.0. The van der Waals surface area contributed by atoms with Crippen molar-refractivity contribution in [1.82, 2.24) is 9.80 Å². The molecule has 0 saturated carbocycles. The van der Waals surface area contributed by atoms with Crippen LogP contribution in [0.5, 0.6) is 5.75 Å². The highest BCUT2D eigenvalue weighted by atomic mass is 16.5. The van der Waals surface area contributed by atoms with Crippen molar-refractivity contribution in [3.8, 4) is 5.75 Å². The average Bonchev–Trinajstić information content (AvgIpc) is 2.57. The quantitative estimate of drug-likeness (QED) is 0.800. The van der Waals surface area contributed by atoms with Crippen LogP contribution < -0.4 is 10.5 Å². The third-order valence-electron chi connectivity index (χ3n) is 4.84. The Morgan fingerprint density at radius 2 is 2.09 bits per heavy atom. The van der Waals surface area contributed by atoms with Crippen LogP contribution in [0.2, 0.25) is 0 Å². The normalized spacial score (nSPS) is 20.7. The van der Waals surface area contributed by atoms with Crippen molar-refractivity contribution in [3.63, 3.8) is 0 Å². The van der Waals surface area contributed by atoms with E-state index in [-0.39, 0.29) is 6.04 Å². The summed E-state index contributed by atoms with van der Waals surface area (Å²) in [5.41, 5.74) is 7.44. The van der Waals surface area contributed by atoms with E-state index in [0.29, 0.717) is 19.2 Å². The maximum absolute atomic E-state index is 6.19. The van der Waals surface area contributed by atoms with Crippen LogP contribution in [0.3, 0.4) is 0 Å². The Labute approximate surface area is 141 Å². The summed E-state index contributed by atoms with van der Waals surface area (Å²) in [7, 11) is 4.13. The summed E-state index contributed by atoms with van der Waals surface area (Å²) in [4.78, 5) is 4.75. The summed E-state index contributed by atoms with van der Waals surface area (Å²) in [6.07, 6.45) is 5.10. The summed E-state index contributed by atoms with van der Waals surface area (Å²) >= 11 is 0. The number of para-hydroxylation sites is 1. The topological polar surface area (TPSA) is 41.7 Å². The van der Waals surface area contributed by atoms with Crippen LogP contribution in [0.1, 0.15) is 44.2 Å². The van der Waals surface area contributed by atoms with E-state index in [1.54, 1.807) is 0 Å². The molecule has 1 fully saturated rings. The van der Waals surface area contributed by atoms with Gasteiger partial charge in [-0.05, 0) is 46.0 Å².